The zero-order valence-electron chi connectivity index (χ0n) is 16.4. The Kier molecular flexibility index (Phi) is 5.08. The van der Waals surface area contributed by atoms with E-state index in [-0.39, 0.29) is 11.3 Å². The summed E-state index contributed by atoms with van der Waals surface area (Å²) in [5, 5.41) is 7.56. The fourth-order valence-electron chi connectivity index (χ4n) is 2.60. The highest BCUT2D eigenvalue weighted by molar-refractivity contribution is 6.04. The highest BCUT2D eigenvalue weighted by Crippen LogP contribution is 2.25. The molecule has 0 unspecified atom stereocenters. The number of nitrogens with zero attached hydrogens (tertiary/aromatic N) is 4. The van der Waals surface area contributed by atoms with E-state index in [1.54, 1.807) is 23.1 Å². The van der Waals surface area contributed by atoms with Gasteiger partial charge in [0.1, 0.15) is 5.82 Å². The summed E-state index contributed by atoms with van der Waals surface area (Å²) in [5.41, 5.74) is 2.47. The predicted molar refractivity (Wildman–Crippen MR) is 106 cm³/mol. The second-order valence-corrected chi connectivity index (χ2v) is 7.86. The van der Waals surface area contributed by atoms with Crippen molar-refractivity contribution >= 4 is 11.7 Å². The molecule has 3 rings (SSSR count). The number of anilines is 1. The van der Waals surface area contributed by atoms with Crippen molar-refractivity contribution in [3.63, 3.8) is 0 Å². The first-order chi connectivity index (χ1) is 12.8. The molecule has 140 valence electrons. The van der Waals surface area contributed by atoms with E-state index in [0.717, 1.165) is 5.69 Å². The van der Waals surface area contributed by atoms with Crippen molar-refractivity contribution in [1.29, 1.82) is 0 Å². The third-order valence-electron chi connectivity index (χ3n) is 4.30. The van der Waals surface area contributed by atoms with Gasteiger partial charge >= 0.3 is 0 Å². The van der Waals surface area contributed by atoms with Crippen LogP contribution in [0.2, 0.25) is 0 Å². The molecule has 0 aliphatic rings. The monoisotopic (exact) mass is 363 g/mol. The van der Waals surface area contributed by atoms with E-state index in [2.05, 4.69) is 55.0 Å². The van der Waals surface area contributed by atoms with E-state index < -0.39 is 0 Å². The van der Waals surface area contributed by atoms with Gasteiger partial charge in [-0.05, 0) is 29.7 Å². The molecule has 6 nitrogen and oxygen atoms in total. The fourth-order valence-corrected chi connectivity index (χ4v) is 2.60. The van der Waals surface area contributed by atoms with E-state index in [1.807, 2.05) is 30.3 Å². The molecule has 27 heavy (non-hydrogen) atoms. The molecule has 0 fully saturated rings. The molecular formula is C21H25N5O. The van der Waals surface area contributed by atoms with Crippen molar-refractivity contribution in [2.75, 3.05) is 5.32 Å². The Bertz CT molecular complexity index is 921. The molecule has 1 amide bonds. The summed E-state index contributed by atoms with van der Waals surface area (Å²) in [6.07, 6.45) is 3.30. The van der Waals surface area contributed by atoms with Crippen LogP contribution >= 0.6 is 0 Å². The molecule has 0 bridgehead atoms. The first-order valence-corrected chi connectivity index (χ1v) is 9.05. The van der Waals surface area contributed by atoms with Crippen LogP contribution in [0.5, 0.6) is 0 Å². The van der Waals surface area contributed by atoms with Gasteiger partial charge in [0.05, 0.1) is 5.69 Å². The molecule has 0 saturated carbocycles. The quantitative estimate of drug-likeness (QED) is 0.748. The van der Waals surface area contributed by atoms with Crippen molar-refractivity contribution in [1.82, 2.24) is 19.7 Å². The minimum Gasteiger partial charge on any atom is -0.306 e. The smallest absolute Gasteiger partial charge is 0.256 e. The minimum atomic E-state index is -0.192. The highest BCUT2D eigenvalue weighted by Gasteiger charge is 2.22. The Morgan fingerprint density at radius 1 is 1.07 bits per heavy atom. The predicted octanol–water partition coefficient (Wildman–Crippen LogP) is 4.34. The normalized spacial score (nSPS) is 11.6. The summed E-state index contributed by atoms with van der Waals surface area (Å²) in [6, 6.07) is 11.3. The van der Waals surface area contributed by atoms with E-state index in [4.69, 9.17) is 0 Å². The molecule has 0 radical (unpaired) electrons. The molecule has 0 aliphatic heterocycles. The maximum Gasteiger partial charge on any atom is 0.256 e. The number of hydrogen-bond acceptors (Lipinski definition) is 4. The lowest BCUT2D eigenvalue weighted by Crippen LogP contribution is -2.16. The van der Waals surface area contributed by atoms with Gasteiger partial charge < -0.3 is 5.32 Å². The maximum absolute atomic E-state index is 12.7. The topological polar surface area (TPSA) is 72.7 Å². The molecule has 6 heteroatoms. The minimum absolute atomic E-state index is 0.168. The number of aromatic nitrogens is 4. The lowest BCUT2D eigenvalue weighted by Gasteiger charge is -2.13. The Balaban J connectivity index is 1.93. The maximum atomic E-state index is 12.7. The molecule has 1 N–H and O–H groups in total. The lowest BCUT2D eigenvalue weighted by atomic mass is 9.92. The first kappa shape index (κ1) is 18.8. The van der Waals surface area contributed by atoms with Gasteiger partial charge in [0, 0.05) is 29.4 Å². The average molecular weight is 363 g/mol. The summed E-state index contributed by atoms with van der Waals surface area (Å²) < 4.78 is 1.57. The number of hydrogen-bond donors (Lipinski definition) is 1. The van der Waals surface area contributed by atoms with Crippen LogP contribution in [0.15, 0.2) is 48.8 Å². The number of carbonyl (C=O) groups is 1. The summed E-state index contributed by atoms with van der Waals surface area (Å²) in [6.45, 7) is 10.5. The van der Waals surface area contributed by atoms with Crippen LogP contribution < -0.4 is 5.32 Å². The Morgan fingerprint density at radius 2 is 1.70 bits per heavy atom. The molecule has 0 aliphatic carbocycles. The van der Waals surface area contributed by atoms with Gasteiger partial charge in [-0.2, -0.15) is 9.78 Å². The lowest BCUT2D eigenvalue weighted by molar-refractivity contribution is 0.102. The average Bonchev–Trinajstić information content (AvgIpc) is 3.06. The first-order valence-electron chi connectivity index (χ1n) is 9.05. The second-order valence-electron chi connectivity index (χ2n) is 7.86. The molecule has 0 atom stereocenters. The van der Waals surface area contributed by atoms with Crippen LogP contribution in [0.4, 0.5) is 5.82 Å². The van der Waals surface area contributed by atoms with Crippen molar-refractivity contribution in [3.05, 3.63) is 65.6 Å². The highest BCUT2D eigenvalue weighted by atomic mass is 16.1. The van der Waals surface area contributed by atoms with Gasteiger partial charge in [-0.25, -0.2) is 9.97 Å². The van der Waals surface area contributed by atoms with E-state index in [1.165, 1.54) is 5.56 Å². The van der Waals surface area contributed by atoms with E-state index in [0.29, 0.717) is 23.2 Å². The number of carbonyl (C=O) groups excluding carboxylic acids is 1. The number of rotatable bonds is 4. The molecular weight excluding hydrogens is 338 g/mol. The van der Waals surface area contributed by atoms with Crippen LogP contribution in [0.25, 0.3) is 5.95 Å². The van der Waals surface area contributed by atoms with Gasteiger partial charge in [0.2, 0.25) is 0 Å². The fraction of sp³-hybridized carbons (Fsp3) is 0.333. The van der Waals surface area contributed by atoms with Crippen molar-refractivity contribution in [2.24, 2.45) is 0 Å². The number of benzene rings is 1. The summed E-state index contributed by atoms with van der Waals surface area (Å²) in [5.74, 6) is 1.19. The molecule has 2 heterocycles. The van der Waals surface area contributed by atoms with E-state index in [9.17, 15) is 4.79 Å². The van der Waals surface area contributed by atoms with Crippen molar-refractivity contribution in [2.45, 2.75) is 46.0 Å². The van der Waals surface area contributed by atoms with Gasteiger partial charge in [0.25, 0.3) is 11.9 Å². The largest absolute Gasteiger partial charge is 0.306 e. The molecule has 2 aromatic heterocycles. The van der Waals surface area contributed by atoms with Gasteiger partial charge in [0.15, 0.2) is 0 Å². The van der Waals surface area contributed by atoms with Crippen LogP contribution in [-0.4, -0.2) is 25.7 Å². The zero-order chi connectivity index (χ0) is 19.6. The SMILES string of the molecule is CC(C)c1ccc(C(=O)Nc2cc(C(C)(C)C)nn2-c2ncccn2)cc1. The number of nitrogens with one attached hydrogen (secondary N) is 1. The van der Waals surface area contributed by atoms with Crippen LogP contribution in [0.1, 0.15) is 62.2 Å². The summed E-state index contributed by atoms with van der Waals surface area (Å²) in [4.78, 5) is 21.3. The van der Waals surface area contributed by atoms with Crippen LogP contribution in [-0.2, 0) is 5.41 Å². The zero-order valence-corrected chi connectivity index (χ0v) is 16.4. The Hall–Kier alpha value is -3.02. The second kappa shape index (κ2) is 7.31. The summed E-state index contributed by atoms with van der Waals surface area (Å²) in [7, 11) is 0. The molecule has 0 spiro atoms. The standard InChI is InChI=1S/C21H25N5O/c1-14(2)15-7-9-16(10-8-15)19(27)24-18-13-17(21(3,4)5)25-26(18)20-22-11-6-12-23-20/h6-14H,1-5H3,(H,24,27). The van der Waals surface area contributed by atoms with E-state index >= 15 is 0 Å². The molecule has 0 saturated heterocycles. The van der Waals surface area contributed by atoms with Gasteiger partial charge in [-0.15, -0.1) is 0 Å². The Morgan fingerprint density at radius 3 is 2.26 bits per heavy atom. The number of amides is 1. The van der Waals surface area contributed by atoms with Crippen molar-refractivity contribution in [3.8, 4) is 5.95 Å². The van der Waals surface area contributed by atoms with Crippen LogP contribution in [0, 0.1) is 0 Å². The van der Waals surface area contributed by atoms with Gasteiger partial charge in [-0.1, -0.05) is 46.8 Å². The van der Waals surface area contributed by atoms with Gasteiger partial charge in [-0.3, -0.25) is 4.79 Å². The Labute approximate surface area is 159 Å². The van der Waals surface area contributed by atoms with Crippen LogP contribution in [0.3, 0.4) is 0 Å². The molecule has 1 aromatic carbocycles. The third-order valence-corrected chi connectivity index (χ3v) is 4.30. The molecule has 3 aromatic rings. The summed E-state index contributed by atoms with van der Waals surface area (Å²) >= 11 is 0. The third kappa shape index (κ3) is 4.22. The van der Waals surface area contributed by atoms with Crippen molar-refractivity contribution < 1.29 is 4.79 Å².